The van der Waals surface area contributed by atoms with Gasteiger partial charge in [-0.15, -0.1) is 0 Å². The van der Waals surface area contributed by atoms with Crippen LogP contribution in [0.5, 0.6) is 0 Å². The molecule has 0 saturated carbocycles. The number of rotatable bonds is 4. The minimum absolute atomic E-state index is 0.0139. The fourth-order valence-electron chi connectivity index (χ4n) is 5.35. The number of hydrogen-bond donors (Lipinski definition) is 2. The van der Waals surface area contributed by atoms with Crippen molar-refractivity contribution in [2.75, 3.05) is 26.2 Å². The zero-order valence-electron chi connectivity index (χ0n) is 20.3. The van der Waals surface area contributed by atoms with Gasteiger partial charge in [0, 0.05) is 59.8 Å². The Morgan fingerprint density at radius 1 is 1.14 bits per heavy atom. The number of likely N-dealkylation sites (tertiary alicyclic amines) is 1. The number of amides is 3. The molecule has 5 rings (SSSR count). The van der Waals surface area contributed by atoms with Crippen molar-refractivity contribution in [3.05, 3.63) is 69.9 Å². The van der Waals surface area contributed by atoms with Crippen LogP contribution in [0.15, 0.2) is 42.5 Å². The first-order valence-corrected chi connectivity index (χ1v) is 12.6. The average molecular weight is 509 g/mol. The highest BCUT2D eigenvalue weighted by Crippen LogP contribution is 2.39. The number of nitrogens with zero attached hydrogens (tertiary/aromatic N) is 2. The normalized spacial score (nSPS) is 19.3. The highest BCUT2D eigenvalue weighted by Gasteiger charge is 2.36. The van der Waals surface area contributed by atoms with Crippen LogP contribution < -0.4 is 5.32 Å². The van der Waals surface area contributed by atoms with Crippen molar-refractivity contribution < 1.29 is 19.1 Å². The largest absolute Gasteiger partial charge is 0.450 e. The van der Waals surface area contributed by atoms with Gasteiger partial charge in [0.15, 0.2) is 0 Å². The lowest BCUT2D eigenvalue weighted by atomic mass is 9.92. The summed E-state index contributed by atoms with van der Waals surface area (Å²) in [5.41, 5.74) is 4.50. The maximum Gasteiger partial charge on any atom is 0.410 e. The predicted octanol–water partition coefficient (Wildman–Crippen LogP) is 4.28. The first kappa shape index (κ1) is 24.2. The number of H-pyrrole nitrogens is 1. The molecule has 2 atom stereocenters. The van der Waals surface area contributed by atoms with Gasteiger partial charge < -0.3 is 19.9 Å². The van der Waals surface area contributed by atoms with E-state index in [0.717, 1.165) is 34.1 Å². The Kier molecular flexibility index (Phi) is 6.62. The van der Waals surface area contributed by atoms with Crippen molar-refractivity contribution in [2.24, 2.45) is 0 Å². The van der Waals surface area contributed by atoms with E-state index in [2.05, 4.69) is 10.3 Å². The summed E-state index contributed by atoms with van der Waals surface area (Å²) in [5, 5.41) is 4.61. The number of carbonyl (C=O) groups is 3. The standard InChI is InChI=1S/C27H29ClN4O4/c1-3-36-27(35)32-13-11-21-22-14-19(28)8-9-23(22)30-24(21)25(32)17-4-6-18(7-5-17)26(34)31-12-10-20(15-31)29-16(2)33/h4-9,14,20,25,30H,3,10-13,15H2,1-2H3,(H,29,33). The van der Waals surface area contributed by atoms with Crippen LogP contribution in [0.1, 0.15) is 53.5 Å². The second-order valence-corrected chi connectivity index (χ2v) is 9.75. The van der Waals surface area contributed by atoms with Crippen LogP contribution in [0.3, 0.4) is 0 Å². The molecule has 0 bridgehead atoms. The Balaban J connectivity index is 1.45. The molecule has 9 heteroatoms. The van der Waals surface area contributed by atoms with Gasteiger partial charge in [0.1, 0.15) is 6.04 Å². The minimum atomic E-state index is -0.376. The van der Waals surface area contributed by atoms with E-state index >= 15 is 0 Å². The lowest BCUT2D eigenvalue weighted by molar-refractivity contribution is -0.119. The number of fused-ring (bicyclic) bond motifs is 3. The van der Waals surface area contributed by atoms with E-state index in [9.17, 15) is 14.4 Å². The number of aromatic nitrogens is 1. The first-order chi connectivity index (χ1) is 17.4. The highest BCUT2D eigenvalue weighted by molar-refractivity contribution is 6.31. The van der Waals surface area contributed by atoms with Crippen LogP contribution in [0.25, 0.3) is 10.9 Å². The van der Waals surface area contributed by atoms with E-state index in [1.807, 2.05) is 30.3 Å². The van der Waals surface area contributed by atoms with Gasteiger partial charge >= 0.3 is 6.09 Å². The maximum atomic E-state index is 13.1. The Labute approximate surface area is 214 Å². The molecule has 3 heterocycles. The molecule has 2 aliphatic rings. The van der Waals surface area contributed by atoms with Gasteiger partial charge in [-0.1, -0.05) is 23.7 Å². The molecular formula is C27H29ClN4O4. The Hall–Kier alpha value is -3.52. The van der Waals surface area contributed by atoms with E-state index in [0.29, 0.717) is 43.2 Å². The number of nitrogens with one attached hydrogen (secondary N) is 2. The number of hydrogen-bond acceptors (Lipinski definition) is 4. The van der Waals surface area contributed by atoms with Crippen LogP contribution in [-0.2, 0) is 16.0 Å². The summed E-state index contributed by atoms with van der Waals surface area (Å²) in [6, 6.07) is 12.8. The fourth-order valence-corrected chi connectivity index (χ4v) is 5.52. The van der Waals surface area contributed by atoms with Crippen LogP contribution in [-0.4, -0.2) is 65.0 Å². The summed E-state index contributed by atoms with van der Waals surface area (Å²) in [4.78, 5) is 44.3. The van der Waals surface area contributed by atoms with Crippen LogP contribution in [0.2, 0.25) is 5.02 Å². The summed E-state index contributed by atoms with van der Waals surface area (Å²) in [6.45, 7) is 5.19. The topological polar surface area (TPSA) is 94.7 Å². The highest BCUT2D eigenvalue weighted by atomic mass is 35.5. The summed E-state index contributed by atoms with van der Waals surface area (Å²) >= 11 is 6.27. The fraction of sp³-hybridized carbons (Fsp3) is 0.370. The number of ether oxygens (including phenoxy) is 1. The third-order valence-electron chi connectivity index (χ3n) is 6.95. The molecule has 188 valence electrons. The van der Waals surface area contributed by atoms with Gasteiger partial charge in [-0.05, 0) is 61.2 Å². The monoisotopic (exact) mass is 508 g/mol. The molecule has 2 unspecified atom stereocenters. The predicted molar refractivity (Wildman–Crippen MR) is 137 cm³/mol. The lowest BCUT2D eigenvalue weighted by Gasteiger charge is -2.35. The summed E-state index contributed by atoms with van der Waals surface area (Å²) in [5.74, 6) is -0.155. The molecule has 2 N–H and O–H groups in total. The lowest BCUT2D eigenvalue weighted by Crippen LogP contribution is -2.41. The van der Waals surface area contributed by atoms with Gasteiger partial charge in [-0.2, -0.15) is 0 Å². The zero-order valence-corrected chi connectivity index (χ0v) is 21.1. The van der Waals surface area contributed by atoms with Crippen molar-refractivity contribution in [3.63, 3.8) is 0 Å². The molecule has 1 aromatic heterocycles. The Morgan fingerprint density at radius 2 is 1.92 bits per heavy atom. The molecule has 1 fully saturated rings. The van der Waals surface area contributed by atoms with E-state index in [-0.39, 0.29) is 30.0 Å². The molecule has 3 aromatic rings. The summed E-state index contributed by atoms with van der Waals surface area (Å²) in [7, 11) is 0. The van der Waals surface area contributed by atoms with E-state index in [1.165, 1.54) is 6.92 Å². The van der Waals surface area contributed by atoms with E-state index < -0.39 is 0 Å². The van der Waals surface area contributed by atoms with Gasteiger partial charge in [0.2, 0.25) is 5.91 Å². The smallest absolute Gasteiger partial charge is 0.410 e. The number of benzene rings is 2. The number of halogens is 1. The SMILES string of the molecule is CCOC(=O)N1CCc2c([nH]c3ccc(Cl)cc23)C1c1ccc(C(=O)N2CCC(NC(C)=O)C2)cc1. The average Bonchev–Trinajstić information content (AvgIpc) is 3.47. The van der Waals surface area contributed by atoms with E-state index in [4.69, 9.17) is 16.3 Å². The van der Waals surface area contributed by atoms with Crippen molar-refractivity contribution in [3.8, 4) is 0 Å². The molecule has 8 nitrogen and oxygen atoms in total. The zero-order chi connectivity index (χ0) is 25.4. The van der Waals surface area contributed by atoms with Crippen LogP contribution in [0, 0.1) is 0 Å². The Morgan fingerprint density at radius 3 is 2.64 bits per heavy atom. The van der Waals surface area contributed by atoms with Crippen molar-refractivity contribution >= 4 is 40.4 Å². The minimum Gasteiger partial charge on any atom is -0.450 e. The van der Waals surface area contributed by atoms with Gasteiger partial charge in [-0.25, -0.2) is 4.79 Å². The third kappa shape index (κ3) is 4.53. The molecular weight excluding hydrogens is 480 g/mol. The molecule has 1 saturated heterocycles. The van der Waals surface area contributed by atoms with Crippen LogP contribution in [0.4, 0.5) is 4.79 Å². The second-order valence-electron chi connectivity index (χ2n) is 9.31. The van der Waals surface area contributed by atoms with Crippen molar-refractivity contribution in [1.82, 2.24) is 20.1 Å². The summed E-state index contributed by atoms with van der Waals surface area (Å²) < 4.78 is 5.37. The molecule has 0 aliphatic carbocycles. The second kappa shape index (κ2) is 9.85. The van der Waals surface area contributed by atoms with Crippen molar-refractivity contribution in [2.45, 2.75) is 38.8 Å². The van der Waals surface area contributed by atoms with Gasteiger partial charge in [-0.3, -0.25) is 14.5 Å². The molecule has 0 spiro atoms. The van der Waals surface area contributed by atoms with Gasteiger partial charge in [0.25, 0.3) is 5.91 Å². The van der Waals surface area contributed by atoms with E-state index in [1.54, 1.807) is 28.9 Å². The number of aromatic amines is 1. The molecule has 3 amide bonds. The first-order valence-electron chi connectivity index (χ1n) is 12.3. The van der Waals surface area contributed by atoms with Crippen LogP contribution >= 0.6 is 11.6 Å². The molecule has 2 aromatic carbocycles. The molecule has 2 aliphatic heterocycles. The van der Waals surface area contributed by atoms with Crippen molar-refractivity contribution in [1.29, 1.82) is 0 Å². The summed E-state index contributed by atoms with van der Waals surface area (Å²) in [6.07, 6.45) is 1.06. The maximum absolute atomic E-state index is 13.1. The number of carbonyl (C=O) groups excluding carboxylic acids is 3. The molecule has 0 radical (unpaired) electrons. The van der Waals surface area contributed by atoms with Gasteiger partial charge in [0.05, 0.1) is 6.61 Å². The third-order valence-corrected chi connectivity index (χ3v) is 7.18. The molecule has 36 heavy (non-hydrogen) atoms. The Bertz CT molecular complexity index is 1320. The quantitative estimate of drug-likeness (QED) is 0.550.